The van der Waals surface area contributed by atoms with Crippen molar-refractivity contribution in [2.75, 3.05) is 0 Å². The first kappa shape index (κ1) is 17.7. The molecule has 0 saturated heterocycles. The maximum Gasteiger partial charge on any atom is -0.0239 e. The van der Waals surface area contributed by atoms with Gasteiger partial charge in [0.1, 0.15) is 0 Å². The molecule has 0 spiro atoms. The van der Waals surface area contributed by atoms with E-state index in [0.717, 1.165) is 0 Å². The van der Waals surface area contributed by atoms with Crippen LogP contribution >= 0.6 is 9.24 Å². The highest BCUT2D eigenvalue weighted by Crippen LogP contribution is 2.24. The lowest BCUT2D eigenvalue weighted by molar-refractivity contribution is 0.736. The van der Waals surface area contributed by atoms with Crippen molar-refractivity contribution in [1.82, 2.24) is 0 Å². The molecular weight excluding hydrogens is 259 g/mol. The lowest BCUT2D eigenvalue weighted by Crippen LogP contribution is -2.14. The van der Waals surface area contributed by atoms with Crippen LogP contribution in [0, 0.1) is 6.92 Å². The average molecular weight is 292 g/mol. The van der Waals surface area contributed by atoms with E-state index >= 15 is 0 Å². The molecule has 0 aliphatic carbocycles. The summed E-state index contributed by atoms with van der Waals surface area (Å²) in [5.41, 5.74) is 6.43. The van der Waals surface area contributed by atoms with E-state index in [1.165, 1.54) is 68.7 Å². The molecule has 0 N–H and O–H groups in total. The number of aryl methyl sites for hydroxylation is 2. The van der Waals surface area contributed by atoms with Crippen LogP contribution in [0.4, 0.5) is 0 Å². The first-order valence-electron chi connectivity index (χ1n) is 8.55. The first-order valence-corrected chi connectivity index (χ1v) is 9.13. The molecule has 114 valence electrons. The van der Waals surface area contributed by atoms with Gasteiger partial charge in [0, 0.05) is 0 Å². The van der Waals surface area contributed by atoms with E-state index in [4.69, 9.17) is 0 Å². The van der Waals surface area contributed by atoms with E-state index in [1.807, 2.05) is 0 Å². The number of hydrogen-bond acceptors (Lipinski definition) is 0. The second-order valence-electron chi connectivity index (χ2n) is 6.03. The fourth-order valence-electron chi connectivity index (χ4n) is 2.91. The van der Waals surface area contributed by atoms with Gasteiger partial charge in [-0.15, -0.1) is 9.24 Å². The predicted octanol–water partition coefficient (Wildman–Crippen LogP) is 5.52. The van der Waals surface area contributed by atoms with Gasteiger partial charge >= 0.3 is 0 Å². The molecule has 1 heteroatoms. The van der Waals surface area contributed by atoms with Crippen LogP contribution in [0.25, 0.3) is 0 Å². The largest absolute Gasteiger partial charge is 0.105 e. The van der Waals surface area contributed by atoms with Gasteiger partial charge < -0.3 is 0 Å². The Labute approximate surface area is 129 Å². The van der Waals surface area contributed by atoms with E-state index < -0.39 is 0 Å². The molecule has 0 aliphatic heterocycles. The van der Waals surface area contributed by atoms with Gasteiger partial charge in [0.15, 0.2) is 0 Å². The molecule has 1 aromatic carbocycles. The van der Waals surface area contributed by atoms with E-state index in [1.54, 1.807) is 16.7 Å². The molecule has 1 atom stereocenters. The zero-order chi connectivity index (χ0) is 15.0. The summed E-state index contributed by atoms with van der Waals surface area (Å²) in [7, 11) is 3.01. The average Bonchev–Trinajstić information content (AvgIpc) is 2.45. The molecule has 0 nitrogen and oxygen atoms in total. The highest BCUT2D eigenvalue weighted by Gasteiger charge is 2.13. The van der Waals surface area contributed by atoms with E-state index in [2.05, 4.69) is 43.0 Å². The lowest BCUT2D eigenvalue weighted by Gasteiger charge is -2.19. The van der Waals surface area contributed by atoms with Gasteiger partial charge in [-0.3, -0.25) is 0 Å². The monoisotopic (exact) mass is 292 g/mol. The summed E-state index contributed by atoms with van der Waals surface area (Å²) in [6.07, 6.45) is 11.6. The Kier molecular flexibility index (Phi) is 8.46. The predicted molar refractivity (Wildman–Crippen MR) is 96.4 cm³/mol. The maximum absolute atomic E-state index is 3.01. The van der Waals surface area contributed by atoms with Crippen molar-refractivity contribution in [2.24, 2.45) is 0 Å². The Balaban J connectivity index is 3.15. The highest BCUT2D eigenvalue weighted by molar-refractivity contribution is 7.27. The molecule has 0 radical (unpaired) electrons. The summed E-state index contributed by atoms with van der Waals surface area (Å²) in [5, 5.41) is 1.48. The van der Waals surface area contributed by atoms with Crippen molar-refractivity contribution in [3.05, 3.63) is 28.3 Å². The van der Waals surface area contributed by atoms with Crippen LogP contribution < -0.4 is 5.30 Å². The summed E-state index contributed by atoms with van der Waals surface area (Å²) in [6, 6.07) is 2.46. The fourth-order valence-corrected chi connectivity index (χ4v) is 3.32. The van der Waals surface area contributed by atoms with Crippen LogP contribution in [-0.4, -0.2) is 0 Å². The third-order valence-electron chi connectivity index (χ3n) is 4.25. The van der Waals surface area contributed by atoms with Gasteiger partial charge in [0.25, 0.3) is 0 Å². The zero-order valence-electron chi connectivity index (χ0n) is 14.0. The van der Waals surface area contributed by atoms with Crippen molar-refractivity contribution in [3.8, 4) is 0 Å². The second kappa shape index (κ2) is 9.56. The van der Waals surface area contributed by atoms with E-state index in [0.29, 0.717) is 0 Å². The Morgan fingerprint density at radius 3 is 1.85 bits per heavy atom. The van der Waals surface area contributed by atoms with Crippen LogP contribution in [0.3, 0.4) is 0 Å². The van der Waals surface area contributed by atoms with Crippen molar-refractivity contribution in [3.63, 3.8) is 0 Å². The molecule has 0 fully saturated rings. The minimum Gasteiger partial charge on any atom is -0.105 e. The Morgan fingerprint density at radius 1 is 0.800 bits per heavy atom. The minimum atomic E-state index is 1.26. The van der Waals surface area contributed by atoms with Crippen LogP contribution in [0.15, 0.2) is 6.07 Å². The molecule has 0 amide bonds. The number of rotatable bonds is 9. The molecule has 1 aromatic rings. The Bertz CT molecular complexity index is 407. The fraction of sp³-hybridized carbons (Fsp3) is 0.684. The Hall–Kier alpha value is -0.350. The molecule has 0 aliphatic rings. The molecular formula is C19H33P. The van der Waals surface area contributed by atoms with Gasteiger partial charge in [-0.1, -0.05) is 46.1 Å². The van der Waals surface area contributed by atoms with Crippen molar-refractivity contribution < 1.29 is 0 Å². The quantitative estimate of drug-likeness (QED) is 0.525. The number of hydrogen-bond donors (Lipinski definition) is 0. The normalized spacial score (nSPS) is 11.1. The summed E-state index contributed by atoms with van der Waals surface area (Å²) in [4.78, 5) is 0. The van der Waals surface area contributed by atoms with Crippen molar-refractivity contribution in [1.29, 1.82) is 0 Å². The summed E-state index contributed by atoms with van der Waals surface area (Å²) >= 11 is 0. The van der Waals surface area contributed by atoms with Crippen LogP contribution in [0.1, 0.15) is 81.5 Å². The first-order chi connectivity index (χ1) is 9.65. The number of benzene rings is 1. The molecule has 0 saturated carbocycles. The third kappa shape index (κ3) is 4.88. The van der Waals surface area contributed by atoms with Crippen LogP contribution in [0.5, 0.6) is 0 Å². The summed E-state index contributed by atoms with van der Waals surface area (Å²) in [5.74, 6) is 0. The zero-order valence-corrected chi connectivity index (χ0v) is 15.2. The van der Waals surface area contributed by atoms with Crippen LogP contribution in [0.2, 0.25) is 0 Å². The summed E-state index contributed by atoms with van der Waals surface area (Å²) < 4.78 is 0. The van der Waals surface area contributed by atoms with E-state index in [-0.39, 0.29) is 0 Å². The smallest absolute Gasteiger partial charge is 0.0239 e. The van der Waals surface area contributed by atoms with Gasteiger partial charge in [-0.2, -0.15) is 0 Å². The topological polar surface area (TPSA) is 0 Å². The second-order valence-corrected chi connectivity index (χ2v) is 6.61. The van der Waals surface area contributed by atoms with Gasteiger partial charge in [0.2, 0.25) is 0 Å². The van der Waals surface area contributed by atoms with Gasteiger partial charge in [0.05, 0.1) is 0 Å². The molecule has 20 heavy (non-hydrogen) atoms. The molecule has 1 rings (SSSR count). The number of unbranched alkanes of at least 4 members (excludes halogenated alkanes) is 3. The van der Waals surface area contributed by atoms with Crippen LogP contribution in [-0.2, 0) is 19.3 Å². The van der Waals surface area contributed by atoms with Gasteiger partial charge in [-0.05, 0) is 73.0 Å². The minimum absolute atomic E-state index is 1.26. The van der Waals surface area contributed by atoms with Gasteiger partial charge in [-0.25, -0.2) is 0 Å². The third-order valence-corrected chi connectivity index (χ3v) is 5.06. The summed E-state index contributed by atoms with van der Waals surface area (Å²) in [6.45, 7) is 9.16. The highest BCUT2D eigenvalue weighted by atomic mass is 31.0. The van der Waals surface area contributed by atoms with Crippen molar-refractivity contribution in [2.45, 2.75) is 85.5 Å². The molecule has 1 unspecified atom stereocenters. The SMILES string of the molecule is CCCCc1cc(C)c(P)c(CCCC)c1CCCC. The molecule has 0 bridgehead atoms. The maximum atomic E-state index is 3.01. The molecule has 0 aromatic heterocycles. The van der Waals surface area contributed by atoms with Crippen molar-refractivity contribution >= 4 is 14.5 Å². The Morgan fingerprint density at radius 2 is 1.30 bits per heavy atom. The standard InChI is InChI=1S/C19H33P/c1-5-8-11-16-14-15(4)19(20)18(13-10-7-3)17(16)12-9-6-2/h14H,5-13,20H2,1-4H3. The van der Waals surface area contributed by atoms with E-state index in [9.17, 15) is 0 Å². The lowest BCUT2D eigenvalue weighted by atomic mass is 9.89. The molecule has 0 heterocycles.